The van der Waals surface area contributed by atoms with Crippen molar-refractivity contribution in [2.45, 2.75) is 193 Å². The maximum Gasteiger partial charge on any atom is 0.242 e. The Labute approximate surface area is 295 Å². The number of hydrogen-bond acceptors (Lipinski definition) is 3. The van der Waals surface area contributed by atoms with Gasteiger partial charge in [0.15, 0.2) is 0 Å². The van der Waals surface area contributed by atoms with E-state index in [1.165, 1.54) is 116 Å². The summed E-state index contributed by atoms with van der Waals surface area (Å²) < 4.78 is 0. The number of carbonyl (C=O) groups excluding carboxylic acids is 2. The predicted molar refractivity (Wildman–Crippen MR) is 206 cm³/mol. The highest BCUT2D eigenvalue weighted by Gasteiger charge is 2.21. The van der Waals surface area contributed by atoms with Crippen molar-refractivity contribution in [3.05, 3.63) is 54.7 Å². The van der Waals surface area contributed by atoms with Gasteiger partial charge in [-0.2, -0.15) is 0 Å². The second kappa shape index (κ2) is 34.2. The topological polar surface area (TPSA) is 86.9 Å². The maximum atomic E-state index is 13.0. The quantitative estimate of drug-likeness (QED) is 0.0505. The number of carbonyl (C=O) groups is 2. The molecular formula is C42H74N4O2. The van der Waals surface area contributed by atoms with Gasteiger partial charge in [-0.15, -0.1) is 0 Å². The van der Waals surface area contributed by atoms with Crippen molar-refractivity contribution >= 4 is 11.8 Å². The molecule has 6 heteroatoms. The van der Waals surface area contributed by atoms with Crippen LogP contribution in [0.4, 0.5) is 0 Å². The zero-order valence-corrected chi connectivity index (χ0v) is 31.3. The Morgan fingerprint density at radius 3 is 1.69 bits per heavy atom. The van der Waals surface area contributed by atoms with Gasteiger partial charge < -0.3 is 15.6 Å². The van der Waals surface area contributed by atoms with Crippen molar-refractivity contribution in [3.63, 3.8) is 0 Å². The van der Waals surface area contributed by atoms with Gasteiger partial charge in [-0.05, 0) is 70.6 Å². The predicted octanol–water partition coefficient (Wildman–Crippen LogP) is 11.4. The van der Waals surface area contributed by atoms with Gasteiger partial charge in [0.2, 0.25) is 11.8 Å². The van der Waals surface area contributed by atoms with E-state index in [0.29, 0.717) is 19.4 Å². The number of nitrogens with one attached hydrogen (secondary N) is 3. The average molecular weight is 667 g/mol. The minimum atomic E-state index is -0.590. The highest BCUT2D eigenvalue weighted by molar-refractivity contribution is 5.87. The Morgan fingerprint density at radius 1 is 0.646 bits per heavy atom. The zero-order valence-electron chi connectivity index (χ0n) is 31.3. The van der Waals surface area contributed by atoms with E-state index in [1.807, 2.05) is 0 Å². The van der Waals surface area contributed by atoms with E-state index < -0.39 is 6.04 Å². The van der Waals surface area contributed by atoms with Crippen molar-refractivity contribution in [1.82, 2.24) is 20.6 Å². The summed E-state index contributed by atoms with van der Waals surface area (Å²) in [6.45, 7) is 5.16. The fourth-order valence-corrected chi connectivity index (χ4v) is 5.89. The average Bonchev–Trinajstić information content (AvgIpc) is 3.60. The van der Waals surface area contributed by atoms with Gasteiger partial charge in [-0.25, -0.2) is 4.98 Å². The third kappa shape index (κ3) is 28.4. The van der Waals surface area contributed by atoms with Crippen molar-refractivity contribution in [2.24, 2.45) is 0 Å². The van der Waals surface area contributed by atoms with E-state index in [2.05, 4.69) is 70.9 Å². The molecule has 0 saturated heterocycles. The Hall–Kier alpha value is -2.63. The molecule has 3 N–H and O–H groups in total. The lowest BCUT2D eigenvalue weighted by molar-refractivity contribution is -0.129. The number of amides is 2. The SMILES string of the molecule is CCCCC/C=C\C/C=C\CCCCCCCC(=O)NC(Cc1c[nH]cn1)C(=O)NCCCCCCCC/C=C\CCCCCCCC. The molecule has 0 fully saturated rings. The number of unbranched alkanes of at least 4 members (excludes halogenated alkanes) is 20. The van der Waals surface area contributed by atoms with Crippen LogP contribution >= 0.6 is 0 Å². The Balaban J connectivity index is 2.11. The van der Waals surface area contributed by atoms with Crippen LogP contribution < -0.4 is 10.6 Å². The number of H-pyrrole nitrogens is 1. The second-order valence-electron chi connectivity index (χ2n) is 13.6. The van der Waals surface area contributed by atoms with Crippen LogP contribution in [0.3, 0.4) is 0 Å². The van der Waals surface area contributed by atoms with Crippen molar-refractivity contribution in [1.29, 1.82) is 0 Å². The molecule has 1 atom stereocenters. The van der Waals surface area contributed by atoms with Crippen LogP contribution in [0, 0.1) is 0 Å². The highest BCUT2D eigenvalue weighted by atomic mass is 16.2. The molecule has 1 heterocycles. The van der Waals surface area contributed by atoms with Crippen LogP contribution in [-0.2, 0) is 16.0 Å². The van der Waals surface area contributed by atoms with Crippen molar-refractivity contribution < 1.29 is 9.59 Å². The van der Waals surface area contributed by atoms with Crippen LogP contribution in [0.5, 0.6) is 0 Å². The Morgan fingerprint density at radius 2 is 1.12 bits per heavy atom. The summed E-state index contributed by atoms with van der Waals surface area (Å²) in [7, 11) is 0. The first-order chi connectivity index (χ1) is 23.7. The molecule has 6 nitrogen and oxygen atoms in total. The molecule has 0 saturated carbocycles. The minimum absolute atomic E-state index is 0.0476. The number of imidazole rings is 1. The van der Waals surface area contributed by atoms with E-state index >= 15 is 0 Å². The Bertz CT molecular complexity index is 937. The number of aromatic amines is 1. The molecule has 0 aliphatic carbocycles. The molecule has 1 aromatic rings. The third-order valence-electron chi connectivity index (χ3n) is 8.96. The van der Waals surface area contributed by atoms with E-state index in [0.717, 1.165) is 50.6 Å². The number of aromatic nitrogens is 2. The molecule has 1 unspecified atom stereocenters. The first kappa shape index (κ1) is 43.4. The van der Waals surface area contributed by atoms with Gasteiger partial charge in [-0.3, -0.25) is 9.59 Å². The lowest BCUT2D eigenvalue weighted by Crippen LogP contribution is -2.48. The summed E-state index contributed by atoms with van der Waals surface area (Å²) in [5, 5.41) is 6.05. The summed E-state index contributed by atoms with van der Waals surface area (Å²) in [4.78, 5) is 32.9. The van der Waals surface area contributed by atoms with E-state index in [-0.39, 0.29) is 11.8 Å². The van der Waals surface area contributed by atoms with E-state index in [1.54, 1.807) is 12.5 Å². The fourth-order valence-electron chi connectivity index (χ4n) is 5.89. The largest absolute Gasteiger partial charge is 0.354 e. The minimum Gasteiger partial charge on any atom is -0.354 e. The van der Waals surface area contributed by atoms with Crippen molar-refractivity contribution in [3.8, 4) is 0 Å². The van der Waals surface area contributed by atoms with Crippen LogP contribution in [0.25, 0.3) is 0 Å². The molecule has 2 amide bonds. The van der Waals surface area contributed by atoms with Crippen LogP contribution in [0.2, 0.25) is 0 Å². The van der Waals surface area contributed by atoms with Crippen LogP contribution in [0.1, 0.15) is 186 Å². The molecule has 0 aliphatic rings. The molecule has 1 aromatic heterocycles. The number of hydrogen-bond donors (Lipinski definition) is 3. The van der Waals surface area contributed by atoms with Gasteiger partial charge in [-0.1, -0.05) is 140 Å². The monoisotopic (exact) mass is 667 g/mol. The fraction of sp³-hybridized carbons (Fsp3) is 0.738. The molecule has 274 valence electrons. The third-order valence-corrected chi connectivity index (χ3v) is 8.96. The smallest absolute Gasteiger partial charge is 0.242 e. The lowest BCUT2D eigenvalue weighted by Gasteiger charge is -2.18. The summed E-state index contributed by atoms with van der Waals surface area (Å²) in [6.07, 6.45) is 48.7. The summed E-state index contributed by atoms with van der Waals surface area (Å²) >= 11 is 0. The van der Waals surface area contributed by atoms with Gasteiger partial charge in [0.05, 0.1) is 12.0 Å². The number of rotatable bonds is 34. The molecule has 0 aliphatic heterocycles. The molecule has 0 bridgehead atoms. The molecule has 0 spiro atoms. The summed E-state index contributed by atoms with van der Waals surface area (Å²) in [6, 6.07) is -0.590. The zero-order chi connectivity index (χ0) is 34.6. The van der Waals surface area contributed by atoms with Gasteiger partial charge >= 0.3 is 0 Å². The first-order valence-corrected chi connectivity index (χ1v) is 20.2. The van der Waals surface area contributed by atoms with Gasteiger partial charge in [0.25, 0.3) is 0 Å². The Kier molecular flexibility index (Phi) is 31.0. The lowest BCUT2D eigenvalue weighted by atomic mass is 10.1. The molecule has 0 aromatic carbocycles. The van der Waals surface area contributed by atoms with E-state index in [4.69, 9.17) is 0 Å². The van der Waals surface area contributed by atoms with Crippen LogP contribution in [-0.4, -0.2) is 34.4 Å². The first-order valence-electron chi connectivity index (χ1n) is 20.2. The normalized spacial score (nSPS) is 12.5. The summed E-state index contributed by atoms with van der Waals surface area (Å²) in [5.41, 5.74) is 0.782. The number of allylic oxidation sites excluding steroid dienone is 6. The second-order valence-corrected chi connectivity index (χ2v) is 13.6. The highest BCUT2D eigenvalue weighted by Crippen LogP contribution is 2.11. The molecular weight excluding hydrogens is 592 g/mol. The standard InChI is InChI=1S/C42H74N4O2/c1-3-5-7-9-11-13-15-17-19-21-23-25-27-29-31-33-35-44-42(48)40(36-39-37-43-38-45-39)46-41(47)34-32-30-28-26-24-22-20-18-16-14-12-10-8-6-4-2/h12,14,17-20,37-38,40H,3-11,13,15-16,21-36H2,1-2H3,(H,43,45)(H,44,48)(H,46,47)/b14-12-,19-17-,20-18-. The van der Waals surface area contributed by atoms with Crippen LogP contribution in [0.15, 0.2) is 49.0 Å². The molecule has 48 heavy (non-hydrogen) atoms. The van der Waals surface area contributed by atoms with Crippen molar-refractivity contribution in [2.75, 3.05) is 6.54 Å². The summed E-state index contributed by atoms with van der Waals surface area (Å²) in [5.74, 6) is -0.159. The molecule has 0 radical (unpaired) electrons. The molecule has 1 rings (SSSR count). The van der Waals surface area contributed by atoms with Gasteiger partial charge in [0.1, 0.15) is 6.04 Å². The van der Waals surface area contributed by atoms with E-state index in [9.17, 15) is 9.59 Å². The van der Waals surface area contributed by atoms with Gasteiger partial charge in [0, 0.05) is 25.6 Å². The maximum absolute atomic E-state index is 13.0. The number of nitrogens with zero attached hydrogens (tertiary/aromatic N) is 1.